The second kappa shape index (κ2) is 8.07. The zero-order valence-corrected chi connectivity index (χ0v) is 16.9. The van der Waals surface area contributed by atoms with Gasteiger partial charge in [0.2, 0.25) is 0 Å². The fourth-order valence-electron chi connectivity index (χ4n) is 3.54. The van der Waals surface area contributed by atoms with E-state index in [1.807, 2.05) is 54.2 Å². The van der Waals surface area contributed by atoms with Gasteiger partial charge in [-0.2, -0.15) is 5.10 Å². The number of aryl methyl sites for hydroxylation is 1. The molecule has 1 fully saturated rings. The normalized spacial score (nSPS) is 14.2. The molecule has 0 amide bonds. The molecule has 0 N–H and O–H groups in total. The molecule has 144 valence electrons. The molecule has 4 rings (SSSR count). The average molecular weight is 395 g/mol. The molecule has 1 aliphatic heterocycles. The predicted octanol–water partition coefficient (Wildman–Crippen LogP) is 5.19. The summed E-state index contributed by atoms with van der Waals surface area (Å²) in [5.74, 6) is 1.75. The van der Waals surface area contributed by atoms with Crippen molar-refractivity contribution in [2.75, 3.05) is 25.1 Å². The number of methoxy groups -OCH3 is 1. The van der Waals surface area contributed by atoms with Gasteiger partial charge >= 0.3 is 0 Å². The smallest absolute Gasteiger partial charge is 0.141 e. The van der Waals surface area contributed by atoms with Crippen molar-refractivity contribution < 1.29 is 4.74 Å². The molecule has 0 bridgehead atoms. The summed E-state index contributed by atoms with van der Waals surface area (Å²) < 4.78 is 7.25. The molecule has 0 atom stereocenters. The molecule has 0 saturated carbocycles. The molecular formula is C22H23ClN4O. The van der Waals surface area contributed by atoms with Gasteiger partial charge in [-0.15, -0.1) is 0 Å². The molecule has 1 aromatic heterocycles. The van der Waals surface area contributed by atoms with E-state index in [1.54, 1.807) is 7.11 Å². The maximum atomic E-state index is 6.24. The second-order valence-corrected chi connectivity index (χ2v) is 7.25. The van der Waals surface area contributed by atoms with Crippen molar-refractivity contribution in [2.24, 2.45) is 4.99 Å². The first-order valence-corrected chi connectivity index (χ1v) is 9.83. The number of halogens is 1. The average Bonchev–Trinajstić information content (AvgIpc) is 3.35. The van der Waals surface area contributed by atoms with Crippen LogP contribution >= 0.6 is 11.6 Å². The van der Waals surface area contributed by atoms with E-state index in [0.717, 1.165) is 41.5 Å². The number of benzene rings is 2. The summed E-state index contributed by atoms with van der Waals surface area (Å²) in [7, 11) is 1.60. The van der Waals surface area contributed by atoms with Crippen molar-refractivity contribution in [1.82, 2.24) is 9.78 Å². The third kappa shape index (κ3) is 3.62. The second-order valence-electron chi connectivity index (χ2n) is 6.84. The number of para-hydroxylation sites is 1. The lowest BCUT2D eigenvalue weighted by Crippen LogP contribution is -2.22. The number of anilines is 1. The van der Waals surface area contributed by atoms with Gasteiger partial charge in [0, 0.05) is 19.3 Å². The Labute approximate surface area is 170 Å². The van der Waals surface area contributed by atoms with E-state index in [4.69, 9.17) is 21.4 Å². The van der Waals surface area contributed by atoms with E-state index < -0.39 is 0 Å². The van der Waals surface area contributed by atoms with Crippen LogP contribution in [0.15, 0.2) is 53.5 Å². The van der Waals surface area contributed by atoms with Gasteiger partial charge < -0.3 is 9.64 Å². The summed E-state index contributed by atoms with van der Waals surface area (Å²) in [6.07, 6.45) is 4.29. The number of aromatic nitrogens is 2. The number of hydrogen-bond donors (Lipinski definition) is 0. The highest BCUT2D eigenvalue weighted by Gasteiger charge is 2.23. The molecule has 3 aromatic rings. The van der Waals surface area contributed by atoms with Gasteiger partial charge in [-0.3, -0.25) is 4.99 Å². The van der Waals surface area contributed by atoms with Crippen molar-refractivity contribution >= 4 is 29.3 Å². The standard InChI is InChI=1S/C22H23ClN4O/c1-16-19(15-24-17-10-11-21(28-2)20(23)14-17)22(26-12-6-7-13-26)27(25-16)18-8-4-3-5-9-18/h3-5,8-11,14-15H,6-7,12-13H2,1-2H3. The van der Waals surface area contributed by atoms with Gasteiger partial charge in [-0.1, -0.05) is 29.8 Å². The van der Waals surface area contributed by atoms with Gasteiger partial charge in [-0.05, 0) is 50.1 Å². The van der Waals surface area contributed by atoms with Crippen molar-refractivity contribution in [1.29, 1.82) is 0 Å². The molecule has 1 aliphatic rings. The lowest BCUT2D eigenvalue weighted by molar-refractivity contribution is 0.415. The van der Waals surface area contributed by atoms with Crippen LogP contribution in [0.1, 0.15) is 24.1 Å². The molecule has 1 saturated heterocycles. The Kier molecular flexibility index (Phi) is 5.35. The monoisotopic (exact) mass is 394 g/mol. The van der Waals surface area contributed by atoms with Crippen molar-refractivity contribution in [2.45, 2.75) is 19.8 Å². The van der Waals surface area contributed by atoms with E-state index in [1.165, 1.54) is 12.8 Å². The molecule has 5 nitrogen and oxygen atoms in total. The van der Waals surface area contributed by atoms with Crippen LogP contribution < -0.4 is 9.64 Å². The molecule has 6 heteroatoms. The third-order valence-corrected chi connectivity index (χ3v) is 5.26. The fraction of sp³-hybridized carbons (Fsp3) is 0.273. The van der Waals surface area contributed by atoms with E-state index in [0.29, 0.717) is 10.8 Å². The summed E-state index contributed by atoms with van der Waals surface area (Å²) in [6, 6.07) is 15.8. The van der Waals surface area contributed by atoms with Crippen LogP contribution in [0.4, 0.5) is 11.5 Å². The Hall–Kier alpha value is -2.79. The maximum Gasteiger partial charge on any atom is 0.141 e. The molecule has 0 unspecified atom stereocenters. The SMILES string of the molecule is COc1ccc(N=Cc2c(C)nn(-c3ccccc3)c2N2CCCC2)cc1Cl. The highest BCUT2D eigenvalue weighted by atomic mass is 35.5. The summed E-state index contributed by atoms with van der Waals surface area (Å²) in [6.45, 7) is 4.10. The Morgan fingerprint density at radius 3 is 2.54 bits per heavy atom. The van der Waals surface area contributed by atoms with Gasteiger partial charge in [0.1, 0.15) is 11.6 Å². The first-order valence-electron chi connectivity index (χ1n) is 9.45. The van der Waals surface area contributed by atoms with Crippen molar-refractivity contribution in [3.8, 4) is 11.4 Å². The van der Waals surface area contributed by atoms with Crippen molar-refractivity contribution in [3.63, 3.8) is 0 Å². The summed E-state index contributed by atoms with van der Waals surface area (Å²) >= 11 is 6.24. The zero-order valence-electron chi connectivity index (χ0n) is 16.1. The Morgan fingerprint density at radius 1 is 1.11 bits per heavy atom. The van der Waals surface area contributed by atoms with E-state index in [9.17, 15) is 0 Å². The summed E-state index contributed by atoms with van der Waals surface area (Å²) in [5.41, 5.74) is 3.83. The minimum Gasteiger partial charge on any atom is -0.495 e. The van der Waals surface area contributed by atoms with Crippen LogP contribution in [-0.2, 0) is 0 Å². The maximum absolute atomic E-state index is 6.24. The summed E-state index contributed by atoms with van der Waals surface area (Å²) in [5, 5.41) is 5.37. The number of ether oxygens (including phenoxy) is 1. The van der Waals surface area contributed by atoms with Gasteiger partial charge in [0.05, 0.1) is 34.8 Å². The number of rotatable bonds is 5. The minimum absolute atomic E-state index is 0.550. The Morgan fingerprint density at radius 2 is 1.86 bits per heavy atom. The minimum atomic E-state index is 0.550. The fourth-order valence-corrected chi connectivity index (χ4v) is 3.79. The number of nitrogens with zero attached hydrogens (tertiary/aromatic N) is 4. The van der Waals surface area contributed by atoms with Crippen LogP contribution in [-0.4, -0.2) is 36.2 Å². The van der Waals surface area contributed by atoms with Crippen molar-refractivity contribution in [3.05, 3.63) is 64.8 Å². The first-order chi connectivity index (χ1) is 13.7. The Bertz CT molecular complexity index is 991. The number of aliphatic imine (C=N–C) groups is 1. The van der Waals surface area contributed by atoms with Crippen LogP contribution in [0.2, 0.25) is 5.02 Å². The predicted molar refractivity (Wildman–Crippen MR) is 115 cm³/mol. The number of hydrogen-bond acceptors (Lipinski definition) is 4. The molecule has 0 spiro atoms. The van der Waals surface area contributed by atoms with Crippen LogP contribution in [0.25, 0.3) is 5.69 Å². The van der Waals surface area contributed by atoms with E-state index >= 15 is 0 Å². The lowest BCUT2D eigenvalue weighted by Gasteiger charge is -2.20. The van der Waals surface area contributed by atoms with Gasteiger partial charge in [-0.25, -0.2) is 4.68 Å². The molecule has 2 heterocycles. The van der Waals surface area contributed by atoms with E-state index in [2.05, 4.69) is 22.0 Å². The summed E-state index contributed by atoms with van der Waals surface area (Å²) in [4.78, 5) is 7.07. The topological polar surface area (TPSA) is 42.7 Å². The highest BCUT2D eigenvalue weighted by Crippen LogP contribution is 2.31. The largest absolute Gasteiger partial charge is 0.495 e. The van der Waals surface area contributed by atoms with Crippen LogP contribution in [0.5, 0.6) is 5.75 Å². The van der Waals surface area contributed by atoms with E-state index in [-0.39, 0.29) is 0 Å². The highest BCUT2D eigenvalue weighted by molar-refractivity contribution is 6.32. The first kappa shape index (κ1) is 18.6. The molecular weight excluding hydrogens is 372 g/mol. The molecule has 2 aromatic carbocycles. The third-order valence-electron chi connectivity index (χ3n) is 4.97. The Balaban J connectivity index is 1.76. The molecule has 0 aliphatic carbocycles. The molecule has 0 radical (unpaired) electrons. The van der Waals surface area contributed by atoms with Crippen LogP contribution in [0.3, 0.4) is 0 Å². The molecule has 28 heavy (non-hydrogen) atoms. The van der Waals surface area contributed by atoms with Gasteiger partial charge in [0.15, 0.2) is 0 Å². The van der Waals surface area contributed by atoms with Crippen LogP contribution in [0, 0.1) is 6.92 Å². The lowest BCUT2D eigenvalue weighted by atomic mass is 10.2. The zero-order chi connectivity index (χ0) is 19.5. The quantitative estimate of drug-likeness (QED) is 0.559. The van der Waals surface area contributed by atoms with Gasteiger partial charge in [0.25, 0.3) is 0 Å².